The van der Waals surface area contributed by atoms with Gasteiger partial charge in [-0.2, -0.15) is 0 Å². The van der Waals surface area contributed by atoms with Gasteiger partial charge in [0.05, 0.1) is 24.8 Å². The van der Waals surface area contributed by atoms with Crippen LogP contribution in [0.5, 0.6) is 0 Å². The number of furan rings is 1. The fraction of sp³-hybridized carbons (Fsp3) is 0.409. The second-order valence-corrected chi connectivity index (χ2v) is 8.43. The highest BCUT2D eigenvalue weighted by Crippen LogP contribution is 2.27. The van der Waals surface area contributed by atoms with Crippen molar-refractivity contribution < 1.29 is 13.9 Å². The number of hydrogen-bond donors (Lipinski definition) is 1. The molecule has 1 aromatic carbocycles. The molecule has 6 heteroatoms. The van der Waals surface area contributed by atoms with Gasteiger partial charge in [0.15, 0.2) is 0 Å². The van der Waals surface area contributed by atoms with E-state index in [1.807, 2.05) is 6.07 Å². The number of fused-ring (bicyclic) bond motifs is 1. The summed E-state index contributed by atoms with van der Waals surface area (Å²) in [5, 5.41) is 6.10. The molecule has 2 aromatic heterocycles. The quantitative estimate of drug-likeness (QED) is 0.668. The van der Waals surface area contributed by atoms with Gasteiger partial charge in [-0.25, -0.2) is 0 Å². The zero-order valence-electron chi connectivity index (χ0n) is 16.3. The van der Waals surface area contributed by atoms with Crippen LogP contribution < -0.4 is 5.32 Å². The Labute approximate surface area is 169 Å². The number of ether oxygens (including phenoxy) is 1. The molecule has 28 heavy (non-hydrogen) atoms. The lowest BCUT2D eigenvalue weighted by molar-refractivity contribution is 0.0169. The number of hydrogen-bond acceptors (Lipinski definition) is 5. The highest BCUT2D eigenvalue weighted by Gasteiger charge is 2.25. The number of rotatable bonds is 6. The lowest BCUT2D eigenvalue weighted by Crippen LogP contribution is -2.43. The zero-order chi connectivity index (χ0) is 19.5. The van der Waals surface area contributed by atoms with Gasteiger partial charge in [-0.1, -0.05) is 26.0 Å². The summed E-state index contributed by atoms with van der Waals surface area (Å²) < 4.78 is 11.1. The van der Waals surface area contributed by atoms with E-state index < -0.39 is 0 Å². The highest BCUT2D eigenvalue weighted by molar-refractivity contribution is 7.10. The van der Waals surface area contributed by atoms with Crippen molar-refractivity contribution in [2.24, 2.45) is 0 Å². The Balaban J connectivity index is 1.52. The van der Waals surface area contributed by atoms with Gasteiger partial charge in [0, 0.05) is 29.9 Å². The van der Waals surface area contributed by atoms with Crippen molar-refractivity contribution in [3.63, 3.8) is 0 Å². The normalized spacial score (nSPS) is 16.5. The van der Waals surface area contributed by atoms with E-state index in [-0.39, 0.29) is 11.9 Å². The zero-order valence-corrected chi connectivity index (χ0v) is 17.1. The number of thiophene rings is 1. The van der Waals surface area contributed by atoms with Crippen LogP contribution in [0.1, 0.15) is 46.6 Å². The molecule has 0 aliphatic carbocycles. The Morgan fingerprint density at radius 1 is 1.25 bits per heavy atom. The number of amides is 1. The topological polar surface area (TPSA) is 54.7 Å². The molecule has 5 nitrogen and oxygen atoms in total. The summed E-state index contributed by atoms with van der Waals surface area (Å²) in [7, 11) is 0. The first-order valence-corrected chi connectivity index (χ1v) is 10.7. The van der Waals surface area contributed by atoms with E-state index in [1.165, 1.54) is 10.4 Å². The van der Waals surface area contributed by atoms with Crippen molar-refractivity contribution >= 4 is 28.2 Å². The van der Waals surface area contributed by atoms with E-state index in [4.69, 9.17) is 9.15 Å². The van der Waals surface area contributed by atoms with E-state index in [9.17, 15) is 4.79 Å². The van der Waals surface area contributed by atoms with E-state index in [2.05, 4.69) is 53.7 Å². The second-order valence-electron chi connectivity index (χ2n) is 7.45. The maximum atomic E-state index is 12.9. The van der Waals surface area contributed by atoms with E-state index >= 15 is 0 Å². The Kier molecular flexibility index (Phi) is 5.80. The predicted octanol–water partition coefficient (Wildman–Crippen LogP) is 4.42. The molecule has 0 saturated carbocycles. The van der Waals surface area contributed by atoms with Crippen LogP contribution in [0.15, 0.2) is 46.4 Å². The molecule has 1 aliphatic rings. The fourth-order valence-corrected chi connectivity index (χ4v) is 4.51. The molecular formula is C22H26N2O3S. The summed E-state index contributed by atoms with van der Waals surface area (Å²) in [4.78, 5) is 16.6. The Hall–Kier alpha value is -2.15. The largest absolute Gasteiger partial charge is 0.463 e. The third kappa shape index (κ3) is 3.99. The molecule has 1 unspecified atom stereocenters. The number of nitrogens with zero attached hydrogens (tertiary/aromatic N) is 1. The van der Waals surface area contributed by atoms with Gasteiger partial charge < -0.3 is 14.5 Å². The first-order chi connectivity index (χ1) is 13.6. The van der Waals surface area contributed by atoms with Crippen LogP contribution in [-0.4, -0.2) is 43.7 Å². The maximum Gasteiger partial charge on any atom is 0.255 e. The van der Waals surface area contributed by atoms with Gasteiger partial charge in [0.2, 0.25) is 0 Å². The third-order valence-electron chi connectivity index (χ3n) is 5.32. The maximum absolute atomic E-state index is 12.9. The molecule has 4 rings (SSSR count). The van der Waals surface area contributed by atoms with Crippen molar-refractivity contribution in [1.82, 2.24) is 10.2 Å². The van der Waals surface area contributed by atoms with Crippen LogP contribution in [0.4, 0.5) is 0 Å². The molecule has 1 atom stereocenters. The number of carbonyl (C=O) groups excluding carboxylic acids is 1. The summed E-state index contributed by atoms with van der Waals surface area (Å²) in [6, 6.07) is 10.4. The van der Waals surface area contributed by atoms with Crippen molar-refractivity contribution in [3.05, 3.63) is 58.0 Å². The van der Waals surface area contributed by atoms with Crippen LogP contribution in [0.2, 0.25) is 0 Å². The van der Waals surface area contributed by atoms with E-state index in [0.717, 1.165) is 37.3 Å². The molecule has 1 saturated heterocycles. The predicted molar refractivity (Wildman–Crippen MR) is 112 cm³/mol. The lowest BCUT2D eigenvalue weighted by atomic mass is 10.0. The fourth-order valence-electron chi connectivity index (χ4n) is 3.65. The van der Waals surface area contributed by atoms with Crippen LogP contribution in [-0.2, 0) is 4.74 Å². The molecule has 148 valence electrons. The first-order valence-electron chi connectivity index (χ1n) is 9.78. The number of morpholine rings is 1. The lowest BCUT2D eigenvalue weighted by Gasteiger charge is -2.34. The number of carbonyl (C=O) groups is 1. The molecule has 3 aromatic rings. The van der Waals surface area contributed by atoms with Crippen LogP contribution in [0.3, 0.4) is 0 Å². The first kappa shape index (κ1) is 19.2. The standard InChI is InChI=1S/C22H26N2O3S/c1-15(2)16-5-6-20-17(12-16)18(14-27-20)22(25)23-13-19(21-4-3-11-28-21)24-7-9-26-10-8-24/h3-6,11-12,14-15,19H,7-10,13H2,1-2H3,(H,23,25). The summed E-state index contributed by atoms with van der Waals surface area (Å²) in [5.41, 5.74) is 2.55. The number of nitrogens with one attached hydrogen (secondary N) is 1. The molecule has 1 aliphatic heterocycles. The van der Waals surface area contributed by atoms with Crippen molar-refractivity contribution in [2.45, 2.75) is 25.8 Å². The van der Waals surface area contributed by atoms with Crippen molar-refractivity contribution in [3.8, 4) is 0 Å². The Bertz CT molecular complexity index is 927. The average molecular weight is 399 g/mol. The summed E-state index contributed by atoms with van der Waals surface area (Å²) >= 11 is 1.73. The monoisotopic (exact) mass is 398 g/mol. The molecule has 0 spiro atoms. The van der Waals surface area contributed by atoms with Gasteiger partial charge in [-0.05, 0) is 35.1 Å². The van der Waals surface area contributed by atoms with Crippen LogP contribution in [0.25, 0.3) is 11.0 Å². The average Bonchev–Trinajstić information content (AvgIpc) is 3.38. The Morgan fingerprint density at radius 3 is 2.79 bits per heavy atom. The second kappa shape index (κ2) is 8.47. The third-order valence-corrected chi connectivity index (χ3v) is 6.30. The summed E-state index contributed by atoms with van der Waals surface area (Å²) in [6.45, 7) is 8.09. The van der Waals surface area contributed by atoms with Gasteiger partial charge in [0.25, 0.3) is 5.91 Å². The summed E-state index contributed by atoms with van der Waals surface area (Å²) in [5.74, 6) is 0.314. The smallest absolute Gasteiger partial charge is 0.255 e. The molecule has 1 amide bonds. The summed E-state index contributed by atoms with van der Waals surface area (Å²) in [6.07, 6.45) is 1.57. The van der Waals surface area contributed by atoms with Gasteiger partial charge >= 0.3 is 0 Å². The van der Waals surface area contributed by atoms with Crippen LogP contribution in [0, 0.1) is 0 Å². The van der Waals surface area contributed by atoms with Gasteiger partial charge in [0.1, 0.15) is 11.8 Å². The molecule has 0 radical (unpaired) electrons. The van der Waals surface area contributed by atoms with Crippen LogP contribution >= 0.6 is 11.3 Å². The molecule has 3 heterocycles. The number of benzene rings is 1. The van der Waals surface area contributed by atoms with Crippen molar-refractivity contribution in [1.29, 1.82) is 0 Å². The minimum Gasteiger partial charge on any atom is -0.463 e. The minimum absolute atomic E-state index is 0.0885. The molecule has 1 N–H and O–H groups in total. The highest BCUT2D eigenvalue weighted by atomic mass is 32.1. The van der Waals surface area contributed by atoms with E-state index in [0.29, 0.717) is 18.0 Å². The molecule has 1 fully saturated rings. The Morgan fingerprint density at radius 2 is 2.07 bits per heavy atom. The molecule has 0 bridgehead atoms. The van der Waals surface area contributed by atoms with Crippen molar-refractivity contribution in [2.75, 3.05) is 32.8 Å². The molecular weight excluding hydrogens is 372 g/mol. The van der Waals surface area contributed by atoms with Gasteiger partial charge in [-0.3, -0.25) is 9.69 Å². The van der Waals surface area contributed by atoms with E-state index in [1.54, 1.807) is 17.6 Å². The van der Waals surface area contributed by atoms with Gasteiger partial charge in [-0.15, -0.1) is 11.3 Å². The SMILES string of the molecule is CC(C)c1ccc2occ(C(=O)NCC(c3cccs3)N3CCOCC3)c2c1. The minimum atomic E-state index is -0.0885.